The molecule has 0 aromatic heterocycles. The Labute approximate surface area is 79.2 Å². The fourth-order valence-corrected chi connectivity index (χ4v) is 1.60. The fraction of sp³-hybridized carbons (Fsp3) is 1.00. The molecule has 0 aromatic rings. The second kappa shape index (κ2) is 5.00. The first-order valence-corrected chi connectivity index (χ1v) is 4.91. The Hall–Kier alpha value is -0.0301. The van der Waals surface area contributed by atoms with Gasteiger partial charge in [-0.05, 0) is 12.6 Å². The summed E-state index contributed by atoms with van der Waals surface area (Å²) in [7, 11) is 0.0304. The molecule has 0 saturated carbocycles. The van der Waals surface area contributed by atoms with Gasteiger partial charge in [0.2, 0.25) is 0 Å². The minimum absolute atomic E-state index is 0.0152. The van der Waals surface area contributed by atoms with Crippen LogP contribution in [0.5, 0.6) is 0 Å². The van der Waals surface area contributed by atoms with Gasteiger partial charge in [-0.3, -0.25) is 0 Å². The van der Waals surface area contributed by atoms with E-state index in [0.717, 1.165) is 45.5 Å². The molecule has 0 radical (unpaired) electrons. The molecule has 2 aliphatic rings. The Balaban J connectivity index is 1.52. The van der Waals surface area contributed by atoms with Crippen molar-refractivity contribution in [2.75, 3.05) is 26.4 Å². The highest BCUT2D eigenvalue weighted by molar-refractivity contribution is 6.46. The van der Waals surface area contributed by atoms with Crippen LogP contribution in [0.2, 0.25) is 12.6 Å². The van der Waals surface area contributed by atoms with Crippen molar-refractivity contribution in [1.82, 2.24) is 0 Å². The van der Waals surface area contributed by atoms with Crippen molar-refractivity contribution < 1.29 is 18.6 Å². The van der Waals surface area contributed by atoms with Gasteiger partial charge in [0.1, 0.15) is 0 Å². The summed E-state index contributed by atoms with van der Waals surface area (Å²) >= 11 is 0. The van der Waals surface area contributed by atoms with E-state index in [-0.39, 0.29) is 14.2 Å². The predicted octanol–water partition coefficient (Wildman–Crippen LogP) is 0.446. The lowest BCUT2D eigenvalue weighted by Gasteiger charge is -2.04. The summed E-state index contributed by atoms with van der Waals surface area (Å²) in [5.41, 5.74) is 0. The van der Waals surface area contributed by atoms with Crippen LogP contribution in [0.25, 0.3) is 0 Å². The average Bonchev–Trinajstić information content (AvgIpc) is 2.75. The first-order valence-electron chi connectivity index (χ1n) is 4.91. The molecule has 0 spiro atoms. The largest absolute Gasteiger partial charge is 0.456 e. The van der Waals surface area contributed by atoms with Gasteiger partial charge < -0.3 is 18.6 Å². The van der Waals surface area contributed by atoms with Crippen molar-refractivity contribution in [2.24, 2.45) is 0 Å². The maximum Gasteiger partial charge on any atom is 0.456 e. The van der Waals surface area contributed by atoms with Gasteiger partial charge in [-0.15, -0.1) is 0 Å². The molecule has 2 heterocycles. The number of hydrogen-bond donors (Lipinski definition) is 0. The lowest BCUT2D eigenvalue weighted by molar-refractivity contribution is 0.364. The quantitative estimate of drug-likeness (QED) is 0.594. The Morgan fingerprint density at radius 1 is 0.692 bits per heavy atom. The van der Waals surface area contributed by atoms with Crippen LogP contribution in [0.3, 0.4) is 0 Å². The Morgan fingerprint density at radius 2 is 1.08 bits per heavy atom. The topological polar surface area (TPSA) is 36.9 Å². The molecule has 0 bridgehead atoms. The summed E-state index contributed by atoms with van der Waals surface area (Å²) in [4.78, 5) is 0. The highest BCUT2D eigenvalue weighted by Gasteiger charge is 2.27. The van der Waals surface area contributed by atoms with Crippen molar-refractivity contribution in [3.05, 3.63) is 0 Å². The zero-order chi connectivity index (χ0) is 8.93. The van der Waals surface area contributed by atoms with Crippen molar-refractivity contribution in [1.29, 1.82) is 0 Å². The predicted molar refractivity (Wildman–Crippen MR) is 49.5 cm³/mol. The van der Waals surface area contributed by atoms with E-state index < -0.39 is 0 Å². The molecule has 4 nitrogen and oxygen atoms in total. The van der Waals surface area contributed by atoms with Gasteiger partial charge in [0.15, 0.2) is 0 Å². The second-order valence-electron chi connectivity index (χ2n) is 3.27. The molecule has 72 valence electrons. The Bertz CT molecular complexity index is 129. The monoisotopic (exact) mass is 184 g/mol. The SMILES string of the molecule is C(CB1OCCO1)CB1OCCO1. The van der Waals surface area contributed by atoms with Crippen LogP contribution in [-0.4, -0.2) is 40.7 Å². The van der Waals surface area contributed by atoms with E-state index in [9.17, 15) is 0 Å². The Kier molecular flexibility index (Phi) is 3.66. The molecular formula is C7H14B2O4. The summed E-state index contributed by atoms with van der Waals surface area (Å²) in [6, 6.07) is 0. The minimum Gasteiger partial charge on any atom is -0.409 e. The van der Waals surface area contributed by atoms with E-state index in [2.05, 4.69) is 0 Å². The molecule has 2 rings (SSSR count). The standard InChI is InChI=1S/C7H14B2O4/c1(2-8-10-4-5-11-8)3-9-12-6-7-13-9/h1-7H2. The van der Waals surface area contributed by atoms with Gasteiger partial charge in [-0.25, -0.2) is 0 Å². The van der Waals surface area contributed by atoms with Crippen molar-refractivity contribution in [3.63, 3.8) is 0 Å². The van der Waals surface area contributed by atoms with E-state index in [4.69, 9.17) is 18.6 Å². The third-order valence-electron chi connectivity index (χ3n) is 2.26. The van der Waals surface area contributed by atoms with Crippen molar-refractivity contribution in [3.8, 4) is 0 Å². The second-order valence-corrected chi connectivity index (χ2v) is 3.27. The van der Waals surface area contributed by atoms with Crippen LogP contribution in [0.4, 0.5) is 0 Å². The van der Waals surface area contributed by atoms with Gasteiger partial charge in [-0.1, -0.05) is 6.42 Å². The summed E-state index contributed by atoms with van der Waals surface area (Å²) in [5.74, 6) is 0. The van der Waals surface area contributed by atoms with Crippen LogP contribution < -0.4 is 0 Å². The molecule has 0 N–H and O–H groups in total. The molecule has 0 unspecified atom stereocenters. The van der Waals surface area contributed by atoms with Crippen molar-refractivity contribution >= 4 is 14.2 Å². The molecule has 2 aliphatic heterocycles. The third kappa shape index (κ3) is 2.98. The summed E-state index contributed by atoms with van der Waals surface area (Å²) < 4.78 is 21.3. The highest BCUT2D eigenvalue weighted by Crippen LogP contribution is 2.13. The van der Waals surface area contributed by atoms with E-state index in [1.54, 1.807) is 0 Å². The van der Waals surface area contributed by atoms with Gasteiger partial charge >= 0.3 is 14.2 Å². The fourth-order valence-electron chi connectivity index (χ4n) is 1.60. The lowest BCUT2D eigenvalue weighted by atomic mass is 9.75. The first-order chi connectivity index (χ1) is 6.45. The summed E-state index contributed by atoms with van der Waals surface area (Å²) in [6.07, 6.45) is 2.93. The normalized spacial score (nSPS) is 23.1. The summed E-state index contributed by atoms with van der Waals surface area (Å²) in [5, 5.41) is 0. The van der Waals surface area contributed by atoms with Gasteiger partial charge in [-0.2, -0.15) is 0 Å². The van der Waals surface area contributed by atoms with Crippen molar-refractivity contribution in [2.45, 2.75) is 19.1 Å². The maximum atomic E-state index is 5.31. The van der Waals surface area contributed by atoms with E-state index >= 15 is 0 Å². The smallest absolute Gasteiger partial charge is 0.409 e. The van der Waals surface area contributed by atoms with Crippen LogP contribution in [0.15, 0.2) is 0 Å². The maximum absolute atomic E-state index is 5.31. The first kappa shape index (κ1) is 9.52. The number of hydrogen-bond acceptors (Lipinski definition) is 4. The minimum atomic E-state index is 0.0152. The zero-order valence-electron chi connectivity index (χ0n) is 7.74. The van der Waals surface area contributed by atoms with Gasteiger partial charge in [0.05, 0.1) is 26.4 Å². The molecular weight excluding hydrogens is 170 g/mol. The van der Waals surface area contributed by atoms with Gasteiger partial charge in [0.25, 0.3) is 0 Å². The molecule has 2 fully saturated rings. The zero-order valence-corrected chi connectivity index (χ0v) is 7.74. The molecule has 0 atom stereocenters. The molecule has 0 aliphatic carbocycles. The van der Waals surface area contributed by atoms with Crippen LogP contribution in [0, 0.1) is 0 Å². The molecule has 6 heteroatoms. The van der Waals surface area contributed by atoms with E-state index in [1.165, 1.54) is 0 Å². The van der Waals surface area contributed by atoms with E-state index in [0.29, 0.717) is 0 Å². The van der Waals surface area contributed by atoms with Crippen LogP contribution in [-0.2, 0) is 18.6 Å². The Morgan fingerprint density at radius 3 is 1.46 bits per heavy atom. The molecule has 0 aromatic carbocycles. The van der Waals surface area contributed by atoms with Crippen LogP contribution in [0.1, 0.15) is 6.42 Å². The molecule has 0 amide bonds. The lowest BCUT2D eigenvalue weighted by Crippen LogP contribution is -2.17. The number of rotatable bonds is 4. The van der Waals surface area contributed by atoms with Gasteiger partial charge in [0, 0.05) is 0 Å². The van der Waals surface area contributed by atoms with Crippen LogP contribution >= 0.6 is 0 Å². The average molecular weight is 184 g/mol. The highest BCUT2D eigenvalue weighted by atomic mass is 16.6. The van der Waals surface area contributed by atoms with E-state index in [1.807, 2.05) is 0 Å². The summed E-state index contributed by atoms with van der Waals surface area (Å²) in [6.45, 7) is 2.95. The molecule has 13 heavy (non-hydrogen) atoms. The molecule has 2 saturated heterocycles. The third-order valence-corrected chi connectivity index (χ3v) is 2.26.